The van der Waals surface area contributed by atoms with Gasteiger partial charge in [0.2, 0.25) is 0 Å². The van der Waals surface area contributed by atoms with Gasteiger partial charge in [0.05, 0.1) is 10.7 Å². The van der Waals surface area contributed by atoms with E-state index in [1.165, 1.54) is 11.3 Å². The zero-order chi connectivity index (χ0) is 17.9. The number of aryl methyl sites for hydroxylation is 1. The van der Waals surface area contributed by atoms with Crippen molar-refractivity contribution in [3.8, 4) is 0 Å². The highest BCUT2D eigenvalue weighted by molar-refractivity contribution is 7.13. The van der Waals surface area contributed by atoms with Gasteiger partial charge in [-0.3, -0.25) is 4.79 Å². The second-order valence-electron chi connectivity index (χ2n) is 6.59. The number of rotatable bonds is 5. The Kier molecular flexibility index (Phi) is 5.18. The first-order valence-corrected chi connectivity index (χ1v) is 9.38. The molecule has 1 saturated carbocycles. The summed E-state index contributed by atoms with van der Waals surface area (Å²) in [6.07, 6.45) is 4.32. The standard InChI is InChI=1S/C19H22N2O3S/c1-13-16(25-15(20-13)12-14-8-4-2-5-9-14)17(22)21-19(18(23)24)10-6-3-7-11-19/h2,4-5,8-9H,3,6-7,10-12H2,1H3,(H,21,22)(H,23,24). The molecule has 2 aromatic rings. The molecule has 2 N–H and O–H groups in total. The maximum atomic E-state index is 12.7. The Hall–Kier alpha value is -2.21. The molecule has 0 aliphatic heterocycles. The molecule has 25 heavy (non-hydrogen) atoms. The van der Waals surface area contributed by atoms with Crippen LogP contribution >= 0.6 is 11.3 Å². The summed E-state index contributed by atoms with van der Waals surface area (Å²) in [7, 11) is 0. The molecule has 1 aliphatic rings. The molecule has 0 atom stereocenters. The fourth-order valence-electron chi connectivity index (χ4n) is 3.33. The molecular formula is C19H22N2O3S. The second kappa shape index (κ2) is 7.35. The molecule has 1 amide bonds. The zero-order valence-electron chi connectivity index (χ0n) is 14.2. The van der Waals surface area contributed by atoms with Crippen molar-refractivity contribution < 1.29 is 14.7 Å². The summed E-state index contributed by atoms with van der Waals surface area (Å²) in [5, 5.41) is 13.3. The van der Waals surface area contributed by atoms with Gasteiger partial charge in [-0.1, -0.05) is 49.6 Å². The molecule has 132 valence electrons. The highest BCUT2D eigenvalue weighted by Crippen LogP contribution is 2.30. The smallest absolute Gasteiger partial charge is 0.329 e. The van der Waals surface area contributed by atoms with Crippen LogP contribution in [0.2, 0.25) is 0 Å². The van der Waals surface area contributed by atoms with Gasteiger partial charge in [-0.05, 0) is 25.3 Å². The van der Waals surface area contributed by atoms with Crippen LogP contribution in [0.5, 0.6) is 0 Å². The van der Waals surface area contributed by atoms with Crippen LogP contribution in [0.25, 0.3) is 0 Å². The molecule has 1 aromatic carbocycles. The van der Waals surface area contributed by atoms with E-state index in [0.717, 1.165) is 29.8 Å². The summed E-state index contributed by atoms with van der Waals surface area (Å²) >= 11 is 1.35. The molecule has 0 radical (unpaired) electrons. The third-order valence-electron chi connectivity index (χ3n) is 4.71. The largest absolute Gasteiger partial charge is 0.480 e. The van der Waals surface area contributed by atoms with Crippen LogP contribution in [0.3, 0.4) is 0 Å². The molecule has 1 aliphatic carbocycles. The highest BCUT2D eigenvalue weighted by atomic mass is 32.1. The van der Waals surface area contributed by atoms with E-state index in [9.17, 15) is 14.7 Å². The van der Waals surface area contributed by atoms with Crippen molar-refractivity contribution in [2.45, 2.75) is 51.0 Å². The number of hydrogen-bond acceptors (Lipinski definition) is 4. The minimum atomic E-state index is -1.13. The van der Waals surface area contributed by atoms with Gasteiger partial charge in [0, 0.05) is 6.42 Å². The van der Waals surface area contributed by atoms with E-state index in [1.807, 2.05) is 30.3 Å². The number of nitrogens with one attached hydrogen (secondary N) is 1. The number of carboxylic acid groups (broad SMARTS) is 1. The third-order valence-corrected chi connectivity index (χ3v) is 5.87. The Morgan fingerprint density at radius 1 is 1.20 bits per heavy atom. The minimum Gasteiger partial charge on any atom is -0.480 e. The molecule has 1 heterocycles. The Bertz CT molecular complexity index is 764. The van der Waals surface area contributed by atoms with Crippen LogP contribution in [0.15, 0.2) is 30.3 Å². The first-order chi connectivity index (χ1) is 12.0. The summed E-state index contributed by atoms with van der Waals surface area (Å²) in [6, 6.07) is 9.97. The lowest BCUT2D eigenvalue weighted by molar-refractivity contribution is -0.145. The van der Waals surface area contributed by atoms with Gasteiger partial charge in [0.1, 0.15) is 10.4 Å². The van der Waals surface area contributed by atoms with E-state index < -0.39 is 11.5 Å². The van der Waals surface area contributed by atoms with E-state index >= 15 is 0 Å². The lowest BCUT2D eigenvalue weighted by atomic mass is 9.81. The number of hydrogen-bond donors (Lipinski definition) is 2. The maximum absolute atomic E-state index is 12.7. The topological polar surface area (TPSA) is 79.3 Å². The highest BCUT2D eigenvalue weighted by Gasteiger charge is 2.41. The monoisotopic (exact) mass is 358 g/mol. The van der Waals surface area contributed by atoms with Crippen molar-refractivity contribution in [2.24, 2.45) is 0 Å². The molecule has 0 spiro atoms. The first-order valence-electron chi connectivity index (χ1n) is 8.56. The lowest BCUT2D eigenvalue weighted by Crippen LogP contribution is -2.55. The van der Waals surface area contributed by atoms with Gasteiger partial charge in [0.25, 0.3) is 5.91 Å². The van der Waals surface area contributed by atoms with Gasteiger partial charge in [-0.25, -0.2) is 9.78 Å². The number of aliphatic carboxylic acids is 1. The summed E-state index contributed by atoms with van der Waals surface area (Å²) < 4.78 is 0. The van der Waals surface area contributed by atoms with Crippen molar-refractivity contribution in [1.29, 1.82) is 0 Å². The number of amides is 1. The Morgan fingerprint density at radius 3 is 2.52 bits per heavy atom. The van der Waals surface area contributed by atoms with E-state index in [1.54, 1.807) is 6.92 Å². The van der Waals surface area contributed by atoms with Crippen LogP contribution in [0.1, 0.15) is 58.0 Å². The lowest BCUT2D eigenvalue weighted by Gasteiger charge is -2.33. The Labute approximate surface area is 151 Å². The molecule has 1 fully saturated rings. The number of thiazole rings is 1. The Balaban J connectivity index is 1.77. The van der Waals surface area contributed by atoms with E-state index in [2.05, 4.69) is 10.3 Å². The average Bonchev–Trinajstić information content (AvgIpc) is 2.97. The van der Waals surface area contributed by atoms with Crippen molar-refractivity contribution in [3.05, 3.63) is 51.5 Å². The van der Waals surface area contributed by atoms with Crippen molar-refractivity contribution in [1.82, 2.24) is 10.3 Å². The van der Waals surface area contributed by atoms with Gasteiger partial charge in [-0.15, -0.1) is 11.3 Å². The van der Waals surface area contributed by atoms with Crippen LogP contribution in [-0.4, -0.2) is 27.5 Å². The molecule has 5 nitrogen and oxygen atoms in total. The summed E-state index contributed by atoms with van der Waals surface area (Å²) in [4.78, 5) is 29.5. The van der Waals surface area contributed by atoms with Gasteiger partial charge >= 0.3 is 5.97 Å². The predicted molar refractivity (Wildman–Crippen MR) is 97.0 cm³/mol. The first kappa shape index (κ1) is 17.6. The Morgan fingerprint density at radius 2 is 1.88 bits per heavy atom. The molecule has 3 rings (SSSR count). The SMILES string of the molecule is Cc1nc(Cc2ccccc2)sc1C(=O)NC1(C(=O)O)CCCCC1. The van der Waals surface area contributed by atoms with E-state index in [-0.39, 0.29) is 5.91 Å². The molecule has 0 saturated heterocycles. The second-order valence-corrected chi connectivity index (χ2v) is 7.67. The molecular weight excluding hydrogens is 336 g/mol. The number of carbonyl (C=O) groups excluding carboxylic acids is 1. The number of carboxylic acids is 1. The minimum absolute atomic E-state index is 0.321. The van der Waals surface area contributed by atoms with Crippen LogP contribution in [0.4, 0.5) is 0 Å². The maximum Gasteiger partial charge on any atom is 0.329 e. The summed E-state index contributed by atoms with van der Waals surface area (Å²) in [5.74, 6) is -1.26. The van der Waals surface area contributed by atoms with Crippen LogP contribution in [-0.2, 0) is 11.2 Å². The number of aromatic nitrogens is 1. The van der Waals surface area contributed by atoms with Crippen LogP contribution < -0.4 is 5.32 Å². The average molecular weight is 358 g/mol. The fourth-order valence-corrected chi connectivity index (χ4v) is 4.32. The van der Waals surface area contributed by atoms with Crippen molar-refractivity contribution in [3.63, 3.8) is 0 Å². The summed E-state index contributed by atoms with van der Waals surface area (Å²) in [5.41, 5.74) is 0.660. The quantitative estimate of drug-likeness (QED) is 0.856. The van der Waals surface area contributed by atoms with Crippen LogP contribution in [0, 0.1) is 6.92 Å². The van der Waals surface area contributed by atoms with Gasteiger partial charge < -0.3 is 10.4 Å². The van der Waals surface area contributed by atoms with Crippen molar-refractivity contribution in [2.75, 3.05) is 0 Å². The van der Waals surface area contributed by atoms with Gasteiger partial charge in [-0.2, -0.15) is 0 Å². The zero-order valence-corrected chi connectivity index (χ0v) is 15.1. The number of nitrogens with zero attached hydrogens (tertiary/aromatic N) is 1. The molecule has 6 heteroatoms. The van der Waals surface area contributed by atoms with Crippen molar-refractivity contribution >= 4 is 23.2 Å². The fraction of sp³-hybridized carbons (Fsp3) is 0.421. The molecule has 0 unspecified atom stereocenters. The normalized spacial score (nSPS) is 16.4. The molecule has 1 aromatic heterocycles. The third kappa shape index (κ3) is 3.90. The van der Waals surface area contributed by atoms with Gasteiger partial charge in [0.15, 0.2) is 0 Å². The predicted octanol–water partition coefficient (Wildman–Crippen LogP) is 3.56. The van der Waals surface area contributed by atoms with E-state index in [0.29, 0.717) is 29.8 Å². The number of carbonyl (C=O) groups is 2. The van der Waals surface area contributed by atoms with E-state index in [4.69, 9.17) is 0 Å². The molecule has 0 bridgehead atoms. The summed E-state index contributed by atoms with van der Waals surface area (Å²) in [6.45, 7) is 1.80. The number of benzene rings is 1.